The smallest absolute Gasteiger partial charge is 0.344 e. The third kappa shape index (κ3) is 4.67. The van der Waals surface area contributed by atoms with Gasteiger partial charge in [-0.15, -0.1) is 11.3 Å². The van der Waals surface area contributed by atoms with E-state index < -0.39 is 5.97 Å². The van der Waals surface area contributed by atoms with Crippen molar-refractivity contribution in [3.8, 4) is 5.75 Å². The first-order chi connectivity index (χ1) is 15.2. The highest BCUT2D eigenvalue weighted by molar-refractivity contribution is 7.12. The lowest BCUT2D eigenvalue weighted by Crippen LogP contribution is -2.27. The van der Waals surface area contributed by atoms with E-state index in [1.165, 1.54) is 16.3 Å². The summed E-state index contributed by atoms with van der Waals surface area (Å²) in [6, 6.07) is 20.5. The normalized spacial score (nSPS) is 15.5. The van der Waals surface area contributed by atoms with Crippen LogP contribution in [0, 0.1) is 0 Å². The lowest BCUT2D eigenvalue weighted by atomic mass is 9.97. The van der Waals surface area contributed by atoms with Crippen LogP contribution >= 0.6 is 11.3 Å². The second-order valence-corrected chi connectivity index (χ2v) is 7.84. The second-order valence-electron chi connectivity index (χ2n) is 6.89. The number of para-hydroxylation sites is 1. The Morgan fingerprint density at radius 3 is 2.58 bits per heavy atom. The number of esters is 1. The van der Waals surface area contributed by atoms with Crippen LogP contribution in [0.4, 0.5) is 0 Å². The van der Waals surface area contributed by atoms with Crippen molar-refractivity contribution in [1.82, 2.24) is 5.01 Å². The number of amides is 1. The van der Waals surface area contributed by atoms with Crippen LogP contribution in [0.15, 0.2) is 77.2 Å². The van der Waals surface area contributed by atoms with Gasteiger partial charge in [0, 0.05) is 12.0 Å². The van der Waals surface area contributed by atoms with E-state index in [0.29, 0.717) is 23.7 Å². The van der Waals surface area contributed by atoms with Crippen molar-refractivity contribution in [3.05, 3.63) is 88.1 Å². The molecular weight excluding hydrogens is 412 g/mol. The Bertz CT molecular complexity index is 1080. The Hall–Kier alpha value is -3.45. The van der Waals surface area contributed by atoms with Gasteiger partial charge in [-0.1, -0.05) is 54.6 Å². The molecule has 6 nitrogen and oxygen atoms in total. The number of thiophene rings is 1. The molecule has 0 bridgehead atoms. The van der Waals surface area contributed by atoms with E-state index in [9.17, 15) is 9.59 Å². The fourth-order valence-electron chi connectivity index (χ4n) is 3.48. The highest BCUT2D eigenvalue weighted by Gasteiger charge is 2.35. The Labute approximate surface area is 184 Å². The van der Waals surface area contributed by atoms with Crippen molar-refractivity contribution in [2.75, 3.05) is 13.2 Å². The molecule has 0 fully saturated rings. The minimum absolute atomic E-state index is 0.161. The van der Waals surface area contributed by atoms with Crippen molar-refractivity contribution in [1.29, 1.82) is 0 Å². The van der Waals surface area contributed by atoms with Crippen molar-refractivity contribution < 1.29 is 19.1 Å². The number of carbonyl (C=O) groups excluding carboxylic acids is 2. The molecule has 2 aromatic carbocycles. The Balaban J connectivity index is 1.66. The van der Waals surface area contributed by atoms with Crippen molar-refractivity contribution in [3.63, 3.8) is 0 Å². The summed E-state index contributed by atoms with van der Waals surface area (Å²) in [5.41, 5.74) is 2.60. The van der Waals surface area contributed by atoms with E-state index >= 15 is 0 Å². The molecule has 2 heterocycles. The summed E-state index contributed by atoms with van der Waals surface area (Å²) >= 11 is 1.38. The van der Waals surface area contributed by atoms with Crippen molar-refractivity contribution in [2.45, 2.75) is 19.4 Å². The second kappa shape index (κ2) is 9.57. The van der Waals surface area contributed by atoms with Gasteiger partial charge < -0.3 is 9.47 Å². The zero-order valence-electron chi connectivity index (χ0n) is 17.1. The van der Waals surface area contributed by atoms with Gasteiger partial charge in [0.25, 0.3) is 5.91 Å². The van der Waals surface area contributed by atoms with Crippen LogP contribution in [0.2, 0.25) is 0 Å². The van der Waals surface area contributed by atoms with Gasteiger partial charge in [0.1, 0.15) is 5.75 Å². The van der Waals surface area contributed by atoms with E-state index in [-0.39, 0.29) is 18.6 Å². The molecule has 0 radical (unpaired) electrons. The molecule has 0 spiro atoms. The summed E-state index contributed by atoms with van der Waals surface area (Å²) in [6.07, 6.45) is 0.543. The molecule has 3 aromatic rings. The molecule has 0 saturated heterocycles. The number of ether oxygens (including phenoxy) is 2. The number of carbonyl (C=O) groups is 2. The fourth-order valence-corrected chi connectivity index (χ4v) is 4.14. The monoisotopic (exact) mass is 434 g/mol. The average Bonchev–Trinajstić information content (AvgIpc) is 3.49. The van der Waals surface area contributed by atoms with E-state index in [4.69, 9.17) is 14.6 Å². The largest absolute Gasteiger partial charge is 0.482 e. The maximum Gasteiger partial charge on any atom is 0.344 e. The van der Waals surface area contributed by atoms with E-state index in [2.05, 4.69) is 0 Å². The molecule has 4 rings (SSSR count). The zero-order valence-corrected chi connectivity index (χ0v) is 17.9. The van der Waals surface area contributed by atoms with Crippen LogP contribution in [-0.4, -0.2) is 35.8 Å². The first kappa shape index (κ1) is 20.8. The molecule has 1 aromatic heterocycles. The van der Waals surface area contributed by atoms with Crippen LogP contribution in [0.5, 0.6) is 5.75 Å². The quantitative estimate of drug-likeness (QED) is 0.506. The maximum atomic E-state index is 13.2. The first-order valence-electron chi connectivity index (χ1n) is 10.0. The Morgan fingerprint density at radius 1 is 1.06 bits per heavy atom. The van der Waals surface area contributed by atoms with Crippen LogP contribution in [0.25, 0.3) is 0 Å². The molecule has 0 aliphatic carbocycles. The minimum Gasteiger partial charge on any atom is -0.482 e. The summed E-state index contributed by atoms with van der Waals surface area (Å²) < 4.78 is 10.7. The number of hydrogen-bond acceptors (Lipinski definition) is 6. The Kier molecular flexibility index (Phi) is 6.43. The predicted octanol–water partition coefficient (Wildman–Crippen LogP) is 4.68. The third-order valence-corrected chi connectivity index (χ3v) is 5.74. The summed E-state index contributed by atoms with van der Waals surface area (Å²) in [4.78, 5) is 25.6. The molecule has 0 saturated carbocycles. The van der Waals surface area contributed by atoms with E-state index in [1.807, 2.05) is 60.0 Å². The molecule has 1 aliphatic heterocycles. The van der Waals surface area contributed by atoms with Gasteiger partial charge in [0.2, 0.25) is 0 Å². The lowest BCUT2D eigenvalue weighted by Gasteiger charge is -2.23. The molecule has 0 N–H and O–H groups in total. The standard InChI is InChI=1S/C24H22N2O4S/c1-2-29-23(27)16-30-21-12-7-6-11-18(21)20-15-19(17-9-4-3-5-10-17)25-26(20)24(28)22-13-8-14-31-22/h3-14,20H,2,15-16H2,1H3. The van der Waals surface area contributed by atoms with Gasteiger partial charge in [-0.2, -0.15) is 5.10 Å². The lowest BCUT2D eigenvalue weighted by molar-refractivity contribution is -0.145. The minimum atomic E-state index is -0.434. The number of hydrazone groups is 1. The fraction of sp³-hybridized carbons (Fsp3) is 0.208. The van der Waals surface area contributed by atoms with Crippen molar-refractivity contribution >= 4 is 28.9 Å². The highest BCUT2D eigenvalue weighted by atomic mass is 32.1. The molecule has 1 unspecified atom stereocenters. The number of benzene rings is 2. The summed E-state index contributed by atoms with van der Waals surface area (Å²) in [6.45, 7) is 1.85. The van der Waals surface area contributed by atoms with Gasteiger partial charge in [-0.05, 0) is 30.0 Å². The molecular formula is C24H22N2O4S. The first-order valence-corrected chi connectivity index (χ1v) is 10.9. The Morgan fingerprint density at radius 2 is 1.84 bits per heavy atom. The van der Waals surface area contributed by atoms with E-state index in [1.54, 1.807) is 19.1 Å². The zero-order chi connectivity index (χ0) is 21.6. The molecule has 1 amide bonds. The van der Waals surface area contributed by atoms with Gasteiger partial charge in [-0.3, -0.25) is 4.79 Å². The summed E-state index contributed by atoms with van der Waals surface area (Å²) in [5.74, 6) is -0.0587. The number of nitrogens with zero attached hydrogens (tertiary/aromatic N) is 2. The van der Waals surface area contributed by atoms with Crippen LogP contribution in [0.1, 0.15) is 40.2 Å². The highest BCUT2D eigenvalue weighted by Crippen LogP contribution is 2.38. The summed E-state index contributed by atoms with van der Waals surface area (Å²) in [5, 5.41) is 8.10. The van der Waals surface area contributed by atoms with Crippen LogP contribution in [0.3, 0.4) is 0 Å². The predicted molar refractivity (Wildman–Crippen MR) is 119 cm³/mol. The van der Waals surface area contributed by atoms with Crippen LogP contribution in [-0.2, 0) is 9.53 Å². The SMILES string of the molecule is CCOC(=O)COc1ccccc1C1CC(c2ccccc2)=NN1C(=O)c1cccs1. The third-order valence-electron chi connectivity index (χ3n) is 4.89. The number of hydrogen-bond donors (Lipinski definition) is 0. The van der Waals surface area contributed by atoms with E-state index in [0.717, 1.165) is 16.8 Å². The molecule has 31 heavy (non-hydrogen) atoms. The average molecular weight is 435 g/mol. The molecule has 1 atom stereocenters. The van der Waals surface area contributed by atoms with Crippen molar-refractivity contribution in [2.24, 2.45) is 5.10 Å². The topological polar surface area (TPSA) is 68.2 Å². The van der Waals surface area contributed by atoms with Gasteiger partial charge in [0.15, 0.2) is 6.61 Å². The van der Waals surface area contributed by atoms with Gasteiger partial charge >= 0.3 is 5.97 Å². The summed E-state index contributed by atoms with van der Waals surface area (Å²) in [7, 11) is 0. The van der Waals surface area contributed by atoms with Crippen LogP contribution < -0.4 is 4.74 Å². The molecule has 158 valence electrons. The number of rotatable bonds is 7. The maximum absolute atomic E-state index is 13.2. The van der Waals surface area contributed by atoms with Gasteiger partial charge in [-0.25, -0.2) is 9.80 Å². The molecule has 1 aliphatic rings. The molecule has 7 heteroatoms. The van der Waals surface area contributed by atoms with Gasteiger partial charge in [0.05, 0.1) is 23.2 Å².